The van der Waals surface area contributed by atoms with Crippen molar-refractivity contribution in [2.24, 2.45) is 0 Å². The second kappa shape index (κ2) is 4.00. The summed E-state index contributed by atoms with van der Waals surface area (Å²) in [5.41, 5.74) is 3.17. The highest BCUT2D eigenvalue weighted by Crippen LogP contribution is 2.16. The molecule has 0 N–H and O–H groups in total. The fraction of sp³-hybridized carbons (Fsp3) is 0.0833. The van der Waals surface area contributed by atoms with Gasteiger partial charge in [0.2, 0.25) is 0 Å². The number of nitrogens with zero attached hydrogens (tertiary/aromatic N) is 2. The first-order chi connectivity index (χ1) is 7.31. The minimum Gasteiger partial charge on any atom is -0.298 e. The molecule has 0 bridgehead atoms. The number of pyridine rings is 2. The van der Waals surface area contributed by atoms with Crippen molar-refractivity contribution in [1.82, 2.24) is 9.97 Å². The summed E-state index contributed by atoms with van der Waals surface area (Å²) < 4.78 is 0. The van der Waals surface area contributed by atoms with Crippen LogP contribution >= 0.6 is 0 Å². The molecule has 0 fully saturated rings. The van der Waals surface area contributed by atoms with Crippen molar-refractivity contribution in [2.45, 2.75) is 6.92 Å². The van der Waals surface area contributed by atoms with Crippen molar-refractivity contribution in [2.75, 3.05) is 0 Å². The number of carbonyl (C=O) groups is 1. The van der Waals surface area contributed by atoms with E-state index in [1.165, 1.54) is 0 Å². The highest BCUT2D eigenvalue weighted by Gasteiger charge is 2.02. The molecule has 2 aromatic heterocycles. The lowest BCUT2D eigenvalue weighted by Crippen LogP contribution is -1.93. The standard InChI is InChI=1S/C12H10N2O/c1-9-11(8-15)4-5-12(14-9)10-3-2-6-13-7-10/h2-8H,1H3. The first-order valence-electron chi connectivity index (χ1n) is 4.64. The van der Waals surface area contributed by atoms with E-state index in [-0.39, 0.29) is 0 Å². The Hall–Kier alpha value is -2.03. The van der Waals surface area contributed by atoms with E-state index in [0.29, 0.717) is 5.56 Å². The smallest absolute Gasteiger partial charge is 0.151 e. The van der Waals surface area contributed by atoms with Crippen molar-refractivity contribution in [3.8, 4) is 11.3 Å². The van der Waals surface area contributed by atoms with Crippen molar-refractivity contribution in [1.29, 1.82) is 0 Å². The molecule has 0 unspecified atom stereocenters. The van der Waals surface area contributed by atoms with Gasteiger partial charge in [-0.05, 0) is 31.2 Å². The van der Waals surface area contributed by atoms with Crippen molar-refractivity contribution < 1.29 is 4.79 Å². The molecule has 3 nitrogen and oxygen atoms in total. The van der Waals surface area contributed by atoms with Crippen LogP contribution in [-0.2, 0) is 0 Å². The number of aldehydes is 1. The molecule has 0 aliphatic rings. The molecule has 0 amide bonds. The summed E-state index contributed by atoms with van der Waals surface area (Å²) in [7, 11) is 0. The highest BCUT2D eigenvalue weighted by molar-refractivity contribution is 5.77. The summed E-state index contributed by atoms with van der Waals surface area (Å²) >= 11 is 0. The van der Waals surface area contributed by atoms with Crippen LogP contribution in [0.15, 0.2) is 36.7 Å². The van der Waals surface area contributed by atoms with Gasteiger partial charge >= 0.3 is 0 Å². The fourth-order valence-electron chi connectivity index (χ4n) is 1.37. The van der Waals surface area contributed by atoms with Crippen LogP contribution in [0.4, 0.5) is 0 Å². The molecule has 0 saturated heterocycles. The molecule has 2 rings (SSSR count). The Morgan fingerprint density at radius 1 is 1.27 bits per heavy atom. The quantitative estimate of drug-likeness (QED) is 0.695. The third-order valence-corrected chi connectivity index (χ3v) is 2.21. The second-order valence-corrected chi connectivity index (χ2v) is 3.23. The number of hydrogen-bond acceptors (Lipinski definition) is 3. The highest BCUT2D eigenvalue weighted by atomic mass is 16.1. The van der Waals surface area contributed by atoms with Crippen LogP contribution in [0.3, 0.4) is 0 Å². The van der Waals surface area contributed by atoms with Gasteiger partial charge in [-0.25, -0.2) is 0 Å². The molecular formula is C12H10N2O. The molecule has 0 aromatic carbocycles. The predicted molar refractivity (Wildman–Crippen MR) is 57.6 cm³/mol. The van der Waals surface area contributed by atoms with E-state index in [1.807, 2.05) is 25.1 Å². The SMILES string of the molecule is Cc1nc(-c2cccnc2)ccc1C=O. The van der Waals surface area contributed by atoms with E-state index in [0.717, 1.165) is 23.2 Å². The van der Waals surface area contributed by atoms with Gasteiger partial charge < -0.3 is 0 Å². The third-order valence-electron chi connectivity index (χ3n) is 2.21. The average Bonchev–Trinajstić information content (AvgIpc) is 2.30. The van der Waals surface area contributed by atoms with E-state index in [2.05, 4.69) is 9.97 Å². The normalized spacial score (nSPS) is 9.93. The molecule has 0 saturated carbocycles. The monoisotopic (exact) mass is 198 g/mol. The lowest BCUT2D eigenvalue weighted by molar-refractivity contribution is 0.112. The lowest BCUT2D eigenvalue weighted by atomic mass is 10.1. The van der Waals surface area contributed by atoms with Crippen LogP contribution in [0.1, 0.15) is 16.1 Å². The number of aromatic nitrogens is 2. The van der Waals surface area contributed by atoms with Crippen LogP contribution in [0.25, 0.3) is 11.3 Å². The maximum Gasteiger partial charge on any atom is 0.151 e. The molecule has 0 radical (unpaired) electrons. The zero-order valence-corrected chi connectivity index (χ0v) is 8.34. The minimum absolute atomic E-state index is 0.627. The van der Waals surface area contributed by atoms with Crippen LogP contribution in [-0.4, -0.2) is 16.3 Å². The molecular weight excluding hydrogens is 188 g/mol. The third kappa shape index (κ3) is 1.91. The van der Waals surface area contributed by atoms with E-state index in [9.17, 15) is 4.79 Å². The van der Waals surface area contributed by atoms with E-state index >= 15 is 0 Å². The Bertz CT molecular complexity index is 480. The molecule has 0 aliphatic carbocycles. The molecule has 2 aromatic rings. The van der Waals surface area contributed by atoms with Crippen LogP contribution in [0, 0.1) is 6.92 Å². The van der Waals surface area contributed by atoms with Gasteiger partial charge in [0.15, 0.2) is 6.29 Å². The molecule has 15 heavy (non-hydrogen) atoms. The zero-order valence-electron chi connectivity index (χ0n) is 8.34. The van der Waals surface area contributed by atoms with Gasteiger partial charge in [-0.2, -0.15) is 0 Å². The Morgan fingerprint density at radius 2 is 2.13 bits per heavy atom. The Kier molecular flexibility index (Phi) is 2.54. The maximum absolute atomic E-state index is 10.6. The summed E-state index contributed by atoms with van der Waals surface area (Å²) in [5.74, 6) is 0. The van der Waals surface area contributed by atoms with Gasteiger partial charge in [0, 0.05) is 29.2 Å². The molecule has 2 heterocycles. The van der Waals surface area contributed by atoms with Gasteiger partial charge in [0.05, 0.1) is 5.69 Å². The van der Waals surface area contributed by atoms with Gasteiger partial charge in [-0.15, -0.1) is 0 Å². The fourth-order valence-corrected chi connectivity index (χ4v) is 1.37. The Balaban J connectivity index is 2.47. The second-order valence-electron chi connectivity index (χ2n) is 3.23. The van der Waals surface area contributed by atoms with Crippen molar-refractivity contribution >= 4 is 6.29 Å². The topological polar surface area (TPSA) is 42.9 Å². The van der Waals surface area contributed by atoms with Crippen molar-refractivity contribution in [3.63, 3.8) is 0 Å². The zero-order chi connectivity index (χ0) is 10.7. The van der Waals surface area contributed by atoms with Gasteiger partial charge in [-0.3, -0.25) is 14.8 Å². The molecule has 0 atom stereocenters. The van der Waals surface area contributed by atoms with Gasteiger partial charge in [-0.1, -0.05) is 0 Å². The van der Waals surface area contributed by atoms with Crippen LogP contribution in [0.2, 0.25) is 0 Å². The van der Waals surface area contributed by atoms with E-state index in [4.69, 9.17) is 0 Å². The number of hydrogen-bond donors (Lipinski definition) is 0. The maximum atomic E-state index is 10.6. The summed E-state index contributed by atoms with van der Waals surface area (Å²) in [5, 5.41) is 0. The summed E-state index contributed by atoms with van der Waals surface area (Å²) in [6.07, 6.45) is 4.29. The summed E-state index contributed by atoms with van der Waals surface area (Å²) in [4.78, 5) is 19.0. The Morgan fingerprint density at radius 3 is 2.73 bits per heavy atom. The minimum atomic E-state index is 0.627. The first kappa shape index (κ1) is 9.52. The number of aryl methyl sites for hydroxylation is 1. The summed E-state index contributed by atoms with van der Waals surface area (Å²) in [6, 6.07) is 7.40. The summed E-state index contributed by atoms with van der Waals surface area (Å²) in [6.45, 7) is 1.82. The van der Waals surface area contributed by atoms with Gasteiger partial charge in [0.1, 0.15) is 0 Å². The molecule has 3 heteroatoms. The molecule has 74 valence electrons. The van der Waals surface area contributed by atoms with E-state index in [1.54, 1.807) is 18.5 Å². The average molecular weight is 198 g/mol. The van der Waals surface area contributed by atoms with Gasteiger partial charge in [0.25, 0.3) is 0 Å². The Labute approximate surface area is 87.8 Å². The number of rotatable bonds is 2. The molecule has 0 aliphatic heterocycles. The van der Waals surface area contributed by atoms with E-state index < -0.39 is 0 Å². The lowest BCUT2D eigenvalue weighted by Gasteiger charge is -2.02. The largest absolute Gasteiger partial charge is 0.298 e. The van der Waals surface area contributed by atoms with Crippen LogP contribution in [0.5, 0.6) is 0 Å². The van der Waals surface area contributed by atoms with Crippen molar-refractivity contribution in [3.05, 3.63) is 47.9 Å². The predicted octanol–water partition coefficient (Wildman–Crippen LogP) is 2.26. The number of carbonyl (C=O) groups excluding carboxylic acids is 1. The first-order valence-corrected chi connectivity index (χ1v) is 4.64. The van der Waals surface area contributed by atoms with Crippen LogP contribution < -0.4 is 0 Å². The molecule has 0 spiro atoms.